The van der Waals surface area contributed by atoms with Crippen LogP contribution in [-0.2, 0) is 10.5 Å². The number of carbonyl (C=O) groups is 1. The fourth-order valence-corrected chi connectivity index (χ4v) is 3.72. The molecule has 0 fully saturated rings. The lowest BCUT2D eigenvalue weighted by molar-refractivity contribution is -0.174. The lowest BCUT2D eigenvalue weighted by atomic mass is 9.77. The van der Waals surface area contributed by atoms with Crippen molar-refractivity contribution in [3.05, 3.63) is 58.9 Å². The second-order valence-electron chi connectivity index (χ2n) is 7.11. The van der Waals surface area contributed by atoms with Crippen LogP contribution in [0, 0.1) is 5.82 Å². The van der Waals surface area contributed by atoms with E-state index in [0.717, 1.165) is 0 Å². The van der Waals surface area contributed by atoms with Gasteiger partial charge in [0.25, 0.3) is 5.91 Å². The maximum Gasteiger partial charge on any atom is 0.275 e. The summed E-state index contributed by atoms with van der Waals surface area (Å²) in [4.78, 5) is 20.4. The van der Waals surface area contributed by atoms with Crippen molar-refractivity contribution in [1.82, 2.24) is 10.5 Å². The van der Waals surface area contributed by atoms with Gasteiger partial charge in [-0.15, -0.1) is 0 Å². The van der Waals surface area contributed by atoms with Crippen molar-refractivity contribution in [1.29, 1.82) is 0 Å². The number of carbonyl (C=O) groups excluding carboxylic acids is 1. The Morgan fingerprint density at radius 2 is 2.10 bits per heavy atom. The third kappa shape index (κ3) is 3.35. The highest BCUT2D eigenvalue weighted by molar-refractivity contribution is 6.19. The number of aliphatic hydroxyl groups is 1. The Labute approximate surface area is 169 Å². The van der Waals surface area contributed by atoms with Crippen LogP contribution in [0.1, 0.15) is 40.1 Å². The summed E-state index contributed by atoms with van der Waals surface area (Å²) < 4.78 is 14.8. The zero-order valence-corrected chi connectivity index (χ0v) is 15.5. The van der Waals surface area contributed by atoms with Crippen molar-refractivity contribution >= 4 is 32.5 Å². The van der Waals surface area contributed by atoms with Crippen molar-refractivity contribution in [3.63, 3.8) is 0 Å². The first-order valence-corrected chi connectivity index (χ1v) is 9.23. The third-order valence-electron chi connectivity index (χ3n) is 5.13. The molecule has 0 aliphatic carbocycles. The van der Waals surface area contributed by atoms with E-state index in [-0.39, 0.29) is 11.1 Å². The molecule has 1 aromatic heterocycles. The maximum atomic E-state index is 14.8. The zero-order chi connectivity index (χ0) is 20.8. The Kier molecular flexibility index (Phi) is 4.98. The van der Waals surface area contributed by atoms with Crippen LogP contribution < -0.4 is 11.2 Å². The summed E-state index contributed by atoms with van der Waals surface area (Å²) in [6.07, 6.45) is 1.26. The normalized spacial score (nSPS) is 19.8. The van der Waals surface area contributed by atoms with Crippen molar-refractivity contribution in [2.45, 2.75) is 24.3 Å². The molecule has 1 amide bonds. The molecule has 1 aliphatic rings. The highest BCUT2D eigenvalue weighted by atomic mass is 19.1. The minimum Gasteiger partial charge on any atom is -0.368 e. The molecule has 0 saturated heterocycles. The van der Waals surface area contributed by atoms with E-state index in [9.17, 15) is 14.3 Å². The van der Waals surface area contributed by atoms with Gasteiger partial charge in [-0.2, -0.15) is 0 Å². The fourth-order valence-electron chi connectivity index (χ4n) is 3.72. The smallest absolute Gasteiger partial charge is 0.275 e. The Morgan fingerprint density at radius 3 is 2.83 bits per heavy atom. The zero-order valence-electron chi connectivity index (χ0n) is 15.5. The molecule has 6 nitrogen and oxygen atoms in total. The number of nitrogens with two attached hydrogens (primary N) is 1. The molecular weight excluding hydrogens is 371 g/mol. The van der Waals surface area contributed by atoms with Gasteiger partial charge in [-0.3, -0.25) is 4.79 Å². The molecule has 144 valence electrons. The van der Waals surface area contributed by atoms with Crippen LogP contribution >= 0.6 is 0 Å². The molecule has 4 rings (SSSR count). The second kappa shape index (κ2) is 7.33. The van der Waals surface area contributed by atoms with Crippen molar-refractivity contribution in [2.24, 2.45) is 5.73 Å². The summed E-state index contributed by atoms with van der Waals surface area (Å²) in [5, 5.41) is 11.1. The molecule has 2 unspecified atom stereocenters. The van der Waals surface area contributed by atoms with Crippen LogP contribution in [0.25, 0.3) is 22.2 Å². The average Bonchev–Trinajstić information content (AvgIpc) is 3.06. The molecule has 0 bridgehead atoms. The highest BCUT2D eigenvalue weighted by Gasteiger charge is 2.36. The van der Waals surface area contributed by atoms with Gasteiger partial charge in [-0.25, -0.2) is 14.7 Å². The van der Waals surface area contributed by atoms with Gasteiger partial charge in [-0.1, -0.05) is 30.4 Å². The van der Waals surface area contributed by atoms with E-state index in [1.807, 2.05) is 0 Å². The SMILES string of the molecule is [B]C(CCCN)c1ccc(-c2[nH]c3cccc4c3c2C([B])(O)ONC4=O)cc1F. The van der Waals surface area contributed by atoms with Crippen LogP contribution in [-0.4, -0.2) is 38.2 Å². The molecule has 2 atom stereocenters. The molecule has 9 heteroatoms. The number of nitrogens with one attached hydrogen (secondary N) is 2. The van der Waals surface area contributed by atoms with E-state index in [0.29, 0.717) is 47.1 Å². The first-order chi connectivity index (χ1) is 13.8. The molecule has 0 saturated carbocycles. The van der Waals surface area contributed by atoms with E-state index in [1.165, 1.54) is 6.07 Å². The highest BCUT2D eigenvalue weighted by Crippen LogP contribution is 2.40. The van der Waals surface area contributed by atoms with E-state index < -0.39 is 23.2 Å². The Balaban J connectivity index is 1.87. The standard InChI is InChI=1S/C20H18B2FN3O3/c21-13(4-2-8-24)11-7-6-10(9-14(11)23)18-17-16-12(3-1-5-15(16)25-18)19(27)26-29-20(17,22)28/h1,3,5-7,9,13,25,28H,2,4,8,24H2,(H,26,27). The molecular formula is C20H18B2FN3O3. The Bertz CT molecular complexity index is 1100. The van der Waals surface area contributed by atoms with Gasteiger partial charge in [0, 0.05) is 22.0 Å². The van der Waals surface area contributed by atoms with Crippen LogP contribution in [0.4, 0.5) is 4.39 Å². The van der Waals surface area contributed by atoms with Crippen molar-refractivity contribution < 1.29 is 19.1 Å². The van der Waals surface area contributed by atoms with Gasteiger partial charge in [-0.05, 0) is 36.7 Å². The van der Waals surface area contributed by atoms with Gasteiger partial charge in [0.05, 0.1) is 19.1 Å². The van der Waals surface area contributed by atoms with Crippen molar-refractivity contribution in [2.75, 3.05) is 6.54 Å². The molecule has 3 aromatic rings. The lowest BCUT2D eigenvalue weighted by Gasteiger charge is -2.23. The topological polar surface area (TPSA) is 100 Å². The quantitative estimate of drug-likeness (QED) is 0.501. The van der Waals surface area contributed by atoms with Gasteiger partial charge in [0.2, 0.25) is 0 Å². The summed E-state index contributed by atoms with van der Waals surface area (Å²) in [5.41, 5.74) is 7.44. The number of rotatable bonds is 5. The molecule has 0 spiro atoms. The maximum absolute atomic E-state index is 14.8. The first-order valence-electron chi connectivity index (χ1n) is 9.23. The average molecular weight is 389 g/mol. The van der Waals surface area contributed by atoms with Gasteiger partial charge < -0.3 is 15.8 Å². The molecule has 1 aliphatic heterocycles. The molecule has 5 N–H and O–H groups in total. The van der Waals surface area contributed by atoms with Crippen LogP contribution in [0.2, 0.25) is 0 Å². The Morgan fingerprint density at radius 1 is 1.31 bits per heavy atom. The summed E-state index contributed by atoms with van der Waals surface area (Å²) >= 11 is 0. The van der Waals surface area contributed by atoms with Crippen LogP contribution in [0.15, 0.2) is 36.4 Å². The number of amides is 1. The van der Waals surface area contributed by atoms with E-state index in [1.54, 1.807) is 30.3 Å². The fraction of sp³-hybridized carbons (Fsp3) is 0.250. The van der Waals surface area contributed by atoms with Gasteiger partial charge >= 0.3 is 0 Å². The first kappa shape index (κ1) is 19.7. The predicted octanol–water partition coefficient (Wildman–Crippen LogP) is 1.87. The number of hydrogen-bond donors (Lipinski definition) is 4. The molecule has 29 heavy (non-hydrogen) atoms. The van der Waals surface area contributed by atoms with Crippen molar-refractivity contribution in [3.8, 4) is 11.3 Å². The summed E-state index contributed by atoms with van der Waals surface area (Å²) in [6.45, 7) is 0.482. The number of hydrogen-bond acceptors (Lipinski definition) is 4. The minimum absolute atomic E-state index is 0.140. The van der Waals surface area contributed by atoms with E-state index in [2.05, 4.69) is 10.5 Å². The molecule has 2 heterocycles. The summed E-state index contributed by atoms with van der Waals surface area (Å²) in [5.74, 6) is -1.50. The van der Waals surface area contributed by atoms with Crippen LogP contribution in [0.5, 0.6) is 0 Å². The number of hydroxylamine groups is 1. The van der Waals surface area contributed by atoms with Gasteiger partial charge in [0.1, 0.15) is 5.82 Å². The number of benzene rings is 2. The lowest BCUT2D eigenvalue weighted by Crippen LogP contribution is -2.36. The monoisotopic (exact) mass is 389 g/mol. The largest absolute Gasteiger partial charge is 0.368 e. The Hall–Kier alpha value is -2.61. The summed E-state index contributed by atoms with van der Waals surface area (Å²) in [7, 11) is 12.0. The van der Waals surface area contributed by atoms with E-state index >= 15 is 0 Å². The minimum atomic E-state index is -2.32. The number of halogens is 1. The molecule has 2 aromatic carbocycles. The molecule has 4 radical (unpaired) electrons. The number of H-pyrrole nitrogens is 1. The predicted molar refractivity (Wildman–Crippen MR) is 109 cm³/mol. The van der Waals surface area contributed by atoms with E-state index in [4.69, 9.17) is 26.3 Å². The number of aromatic amines is 1. The number of aromatic nitrogens is 1. The van der Waals surface area contributed by atoms with Gasteiger partial charge in [0.15, 0.2) is 13.5 Å². The second-order valence-corrected chi connectivity index (χ2v) is 7.11. The third-order valence-corrected chi connectivity index (χ3v) is 5.13. The summed E-state index contributed by atoms with van der Waals surface area (Å²) in [6, 6.07) is 9.59. The van der Waals surface area contributed by atoms with Crippen LogP contribution in [0.3, 0.4) is 0 Å².